The summed E-state index contributed by atoms with van der Waals surface area (Å²) in [6.45, 7) is 11.8. The molecule has 0 aromatic heterocycles. The van der Waals surface area contributed by atoms with E-state index in [0.29, 0.717) is 31.8 Å². The van der Waals surface area contributed by atoms with Crippen LogP contribution in [0.1, 0.15) is 71.3 Å². The van der Waals surface area contributed by atoms with E-state index in [1.807, 2.05) is 40.1 Å². The smallest absolute Gasteiger partial charge is 0.223 e. The molecule has 1 aromatic rings. The lowest BCUT2D eigenvalue weighted by atomic mass is 9.91. The minimum atomic E-state index is -0.0494. The summed E-state index contributed by atoms with van der Waals surface area (Å²) in [4.78, 5) is 32.2. The largest absolute Gasteiger partial charge is 0.496 e. The number of piperazine rings is 1. The third kappa shape index (κ3) is 9.27. The second-order valence-electron chi connectivity index (χ2n) is 11.6. The fraction of sp³-hybridized carbons (Fsp3) is 0.667. The normalized spacial score (nSPS) is 17.6. The summed E-state index contributed by atoms with van der Waals surface area (Å²) in [6, 6.07) is 7.91. The van der Waals surface area contributed by atoms with Gasteiger partial charge in [-0.25, -0.2) is 0 Å². The van der Waals surface area contributed by atoms with Crippen LogP contribution in [0, 0.1) is 11.3 Å². The molecular weight excluding hydrogens is 450 g/mol. The average Bonchev–Trinajstić information content (AvgIpc) is 3.38. The Balaban J connectivity index is 1.48. The molecule has 1 saturated heterocycles. The molecule has 6 heteroatoms. The zero-order valence-electron chi connectivity index (χ0n) is 23.0. The Labute approximate surface area is 218 Å². The zero-order chi connectivity index (χ0) is 26.0. The summed E-state index contributed by atoms with van der Waals surface area (Å²) in [5.74, 6) is 2.11. The van der Waals surface area contributed by atoms with Crippen molar-refractivity contribution >= 4 is 17.9 Å². The molecule has 0 unspecified atom stereocenters. The van der Waals surface area contributed by atoms with Crippen LogP contribution in [0.25, 0.3) is 6.08 Å². The van der Waals surface area contributed by atoms with Gasteiger partial charge in [-0.3, -0.25) is 14.5 Å². The highest BCUT2D eigenvalue weighted by Crippen LogP contribution is 2.28. The molecule has 6 nitrogen and oxygen atoms in total. The van der Waals surface area contributed by atoms with Gasteiger partial charge in [0.25, 0.3) is 0 Å². The molecule has 1 aliphatic heterocycles. The van der Waals surface area contributed by atoms with E-state index in [-0.39, 0.29) is 11.3 Å². The molecule has 1 aromatic carbocycles. The highest BCUT2D eigenvalue weighted by molar-refractivity contribution is 5.77. The van der Waals surface area contributed by atoms with Crippen LogP contribution in [0.3, 0.4) is 0 Å². The van der Waals surface area contributed by atoms with Crippen molar-refractivity contribution in [2.75, 3.05) is 52.9 Å². The molecule has 200 valence electrons. The number of hydrogen-bond acceptors (Lipinski definition) is 4. The van der Waals surface area contributed by atoms with Crippen molar-refractivity contribution in [1.82, 2.24) is 14.7 Å². The Morgan fingerprint density at radius 3 is 2.44 bits per heavy atom. The molecule has 2 aliphatic rings. The minimum absolute atomic E-state index is 0.0494. The SMILES string of the molecule is COc1ccccc1/C=C/CN(CCN1CCN(C(=O)CCC2CCCC2)CC1)C(=O)CC(C)(C)C. The summed E-state index contributed by atoms with van der Waals surface area (Å²) in [5, 5.41) is 0. The first-order chi connectivity index (χ1) is 17.2. The van der Waals surface area contributed by atoms with E-state index in [0.717, 1.165) is 56.4 Å². The first kappa shape index (κ1) is 28.2. The number of rotatable bonds is 11. The van der Waals surface area contributed by atoms with Crippen molar-refractivity contribution in [1.29, 1.82) is 0 Å². The lowest BCUT2D eigenvalue weighted by molar-refractivity contribution is -0.133. The van der Waals surface area contributed by atoms with Gasteiger partial charge in [0.15, 0.2) is 0 Å². The quantitative estimate of drug-likeness (QED) is 0.427. The van der Waals surface area contributed by atoms with Crippen molar-refractivity contribution in [3.63, 3.8) is 0 Å². The minimum Gasteiger partial charge on any atom is -0.496 e. The Hall–Kier alpha value is -2.34. The van der Waals surface area contributed by atoms with Crippen LogP contribution < -0.4 is 4.74 Å². The molecule has 0 atom stereocenters. The average molecular weight is 498 g/mol. The van der Waals surface area contributed by atoms with Gasteiger partial charge in [0.2, 0.25) is 11.8 Å². The molecule has 36 heavy (non-hydrogen) atoms. The molecule has 2 fully saturated rings. The Morgan fingerprint density at radius 2 is 1.78 bits per heavy atom. The lowest BCUT2D eigenvalue weighted by Gasteiger charge is -2.36. The molecule has 0 bridgehead atoms. The molecule has 0 spiro atoms. The van der Waals surface area contributed by atoms with Crippen LogP contribution in [-0.2, 0) is 9.59 Å². The zero-order valence-corrected chi connectivity index (χ0v) is 23.0. The van der Waals surface area contributed by atoms with Gasteiger partial charge in [-0.05, 0) is 23.8 Å². The number of benzene rings is 1. The predicted octanol–water partition coefficient (Wildman–Crippen LogP) is 5.09. The van der Waals surface area contributed by atoms with Gasteiger partial charge < -0.3 is 14.5 Å². The number of hydrogen-bond donors (Lipinski definition) is 0. The molecule has 2 amide bonds. The second kappa shape index (κ2) is 13.8. The van der Waals surface area contributed by atoms with Gasteiger partial charge in [0.1, 0.15) is 5.75 Å². The Kier molecular flexibility index (Phi) is 10.8. The molecule has 0 radical (unpaired) electrons. The van der Waals surface area contributed by atoms with E-state index in [1.54, 1.807) is 7.11 Å². The maximum atomic E-state index is 13.1. The third-order valence-electron chi connectivity index (χ3n) is 7.45. The number of para-hydroxylation sites is 1. The van der Waals surface area contributed by atoms with Crippen LogP contribution >= 0.6 is 0 Å². The van der Waals surface area contributed by atoms with Crippen molar-refractivity contribution in [3.8, 4) is 5.75 Å². The van der Waals surface area contributed by atoms with E-state index < -0.39 is 0 Å². The summed E-state index contributed by atoms with van der Waals surface area (Å²) in [6.07, 6.45) is 11.7. The number of carbonyl (C=O) groups is 2. The highest BCUT2D eigenvalue weighted by atomic mass is 16.5. The molecule has 3 rings (SSSR count). The van der Waals surface area contributed by atoms with Crippen LogP contribution in [0.5, 0.6) is 5.75 Å². The number of methoxy groups -OCH3 is 1. The van der Waals surface area contributed by atoms with E-state index in [4.69, 9.17) is 4.74 Å². The van der Waals surface area contributed by atoms with Gasteiger partial charge in [-0.1, -0.05) is 76.8 Å². The monoisotopic (exact) mass is 497 g/mol. The molecular formula is C30H47N3O3. The fourth-order valence-electron chi connectivity index (χ4n) is 5.26. The first-order valence-electron chi connectivity index (χ1n) is 13.8. The van der Waals surface area contributed by atoms with Crippen LogP contribution in [-0.4, -0.2) is 79.4 Å². The topological polar surface area (TPSA) is 53.1 Å². The summed E-state index contributed by atoms with van der Waals surface area (Å²) in [7, 11) is 1.68. The van der Waals surface area contributed by atoms with Crippen LogP contribution in [0.4, 0.5) is 0 Å². The van der Waals surface area contributed by atoms with E-state index in [1.165, 1.54) is 25.7 Å². The van der Waals surface area contributed by atoms with E-state index in [9.17, 15) is 9.59 Å². The second-order valence-corrected chi connectivity index (χ2v) is 11.6. The Morgan fingerprint density at radius 1 is 1.08 bits per heavy atom. The summed E-state index contributed by atoms with van der Waals surface area (Å²) < 4.78 is 5.44. The third-order valence-corrected chi connectivity index (χ3v) is 7.45. The van der Waals surface area contributed by atoms with Crippen LogP contribution in [0.2, 0.25) is 0 Å². The number of ether oxygens (including phenoxy) is 1. The van der Waals surface area contributed by atoms with Gasteiger partial charge in [0, 0.05) is 64.2 Å². The van der Waals surface area contributed by atoms with E-state index >= 15 is 0 Å². The number of carbonyl (C=O) groups excluding carboxylic acids is 2. The van der Waals surface area contributed by atoms with Crippen molar-refractivity contribution in [2.24, 2.45) is 11.3 Å². The number of nitrogens with zero attached hydrogens (tertiary/aromatic N) is 3. The summed E-state index contributed by atoms with van der Waals surface area (Å²) in [5.41, 5.74) is 0.962. The first-order valence-corrected chi connectivity index (χ1v) is 13.8. The number of amides is 2. The van der Waals surface area contributed by atoms with E-state index in [2.05, 4.69) is 31.7 Å². The van der Waals surface area contributed by atoms with Gasteiger partial charge in [-0.15, -0.1) is 0 Å². The maximum Gasteiger partial charge on any atom is 0.223 e. The van der Waals surface area contributed by atoms with Crippen molar-refractivity contribution < 1.29 is 14.3 Å². The molecule has 1 aliphatic carbocycles. The molecule has 1 heterocycles. The predicted molar refractivity (Wildman–Crippen MR) is 147 cm³/mol. The standard InChI is InChI=1S/C30H47N3O3/c1-30(2,3)24-29(35)32(17-9-13-26-12-7-8-14-27(26)36-4)21-18-31-19-22-33(23-20-31)28(34)16-15-25-10-5-6-11-25/h7-9,12-14,25H,5-6,10-11,15-24H2,1-4H3/b13-9+. The summed E-state index contributed by atoms with van der Waals surface area (Å²) >= 11 is 0. The fourth-order valence-corrected chi connectivity index (χ4v) is 5.26. The molecule has 0 N–H and O–H groups in total. The molecule has 1 saturated carbocycles. The van der Waals surface area contributed by atoms with Crippen LogP contribution in [0.15, 0.2) is 30.3 Å². The van der Waals surface area contributed by atoms with Gasteiger partial charge in [-0.2, -0.15) is 0 Å². The highest BCUT2D eigenvalue weighted by Gasteiger charge is 2.25. The lowest BCUT2D eigenvalue weighted by Crippen LogP contribution is -2.50. The van der Waals surface area contributed by atoms with Gasteiger partial charge >= 0.3 is 0 Å². The van der Waals surface area contributed by atoms with Gasteiger partial charge in [0.05, 0.1) is 7.11 Å². The van der Waals surface area contributed by atoms with Crippen molar-refractivity contribution in [2.45, 2.75) is 65.7 Å². The Bertz CT molecular complexity index is 862. The van der Waals surface area contributed by atoms with Crippen molar-refractivity contribution in [3.05, 3.63) is 35.9 Å². The maximum absolute atomic E-state index is 13.1.